The van der Waals surface area contributed by atoms with Crippen LogP contribution in [0.2, 0.25) is 6.32 Å². The van der Waals surface area contributed by atoms with E-state index >= 15 is 0 Å². The molecule has 0 spiro atoms. The molecule has 0 aromatic heterocycles. The molecule has 0 radical (unpaired) electrons. The van der Waals surface area contributed by atoms with E-state index in [1.165, 1.54) is 12.7 Å². The van der Waals surface area contributed by atoms with Crippen LogP contribution < -0.4 is 0 Å². The van der Waals surface area contributed by atoms with Crippen LogP contribution in [0, 0.1) is 0 Å². The van der Waals surface area contributed by atoms with Crippen LogP contribution in [-0.4, -0.2) is 23.7 Å². The first-order valence-corrected chi connectivity index (χ1v) is 5.07. The quantitative estimate of drug-likeness (QED) is 0.581. The lowest BCUT2D eigenvalue weighted by molar-refractivity contribution is 0.306. The molecule has 0 saturated carbocycles. The Balaban J connectivity index is 2.58. The van der Waals surface area contributed by atoms with Gasteiger partial charge >= 0.3 is 0 Å². The third-order valence-electron chi connectivity index (χ3n) is 2.56. The zero-order valence-electron chi connectivity index (χ0n) is 8.75. The van der Waals surface area contributed by atoms with Crippen LogP contribution >= 0.6 is 0 Å². The van der Waals surface area contributed by atoms with Crippen LogP contribution in [0.5, 0.6) is 0 Å². The van der Waals surface area contributed by atoms with Gasteiger partial charge in [0.15, 0.2) is 0 Å². The van der Waals surface area contributed by atoms with Crippen molar-refractivity contribution in [1.29, 1.82) is 0 Å². The second-order valence-corrected chi connectivity index (χ2v) is 4.21. The molecule has 1 rings (SSSR count). The van der Waals surface area contributed by atoms with Gasteiger partial charge in [-0.05, 0) is 18.5 Å². The smallest absolute Gasteiger partial charge is 0.250 e. The average molecular weight is 165 g/mol. The highest BCUT2D eigenvalue weighted by atomic mass is 15.1. The van der Waals surface area contributed by atoms with Gasteiger partial charge in [-0.1, -0.05) is 40.1 Å². The van der Waals surface area contributed by atoms with Gasteiger partial charge in [0.1, 0.15) is 0 Å². The van der Waals surface area contributed by atoms with Gasteiger partial charge in [-0.25, -0.2) is 0 Å². The molecule has 1 nitrogen and oxygen atoms in total. The van der Waals surface area contributed by atoms with Crippen molar-refractivity contribution in [3.63, 3.8) is 0 Å². The van der Waals surface area contributed by atoms with Gasteiger partial charge in [-0.2, -0.15) is 0 Å². The molecular weight excluding hydrogens is 145 g/mol. The summed E-state index contributed by atoms with van der Waals surface area (Å²) in [6.07, 6.45) is 4.89. The van der Waals surface area contributed by atoms with Crippen molar-refractivity contribution in [2.45, 2.75) is 52.5 Å². The van der Waals surface area contributed by atoms with Gasteiger partial charge in [-0.3, -0.25) is 0 Å². The maximum Gasteiger partial charge on any atom is 0.250 e. The Labute approximate surface area is 76.9 Å². The van der Waals surface area contributed by atoms with Crippen molar-refractivity contribution < 1.29 is 0 Å². The van der Waals surface area contributed by atoms with Gasteiger partial charge in [0.05, 0.1) is 0 Å². The normalized spacial score (nSPS) is 17.4. The third-order valence-corrected chi connectivity index (χ3v) is 2.56. The largest absolute Gasteiger partial charge is 0.334 e. The Kier molecular flexibility index (Phi) is 3.39. The lowest BCUT2D eigenvalue weighted by Gasteiger charge is -2.33. The fraction of sp³-hybridized carbons (Fsp3) is 0.800. The zero-order chi connectivity index (χ0) is 9.14. The molecule has 0 unspecified atom stereocenters. The second kappa shape index (κ2) is 4.13. The molecule has 0 saturated heterocycles. The van der Waals surface area contributed by atoms with E-state index in [4.69, 9.17) is 0 Å². The number of nitrogens with zero attached hydrogens (tertiary/aromatic N) is 1. The summed E-state index contributed by atoms with van der Waals surface area (Å²) in [5, 5.41) is 0. The molecule has 1 heterocycles. The average Bonchev–Trinajstić information content (AvgIpc) is 2.37. The van der Waals surface area contributed by atoms with Gasteiger partial charge in [0, 0.05) is 0 Å². The molecular formula is C10H20BN. The molecule has 0 atom stereocenters. The summed E-state index contributed by atoms with van der Waals surface area (Å²) in [6.45, 7) is 9.83. The van der Waals surface area contributed by atoms with Crippen LogP contribution in [0.4, 0.5) is 0 Å². The topological polar surface area (TPSA) is 3.24 Å². The fourth-order valence-corrected chi connectivity index (χ4v) is 2.23. The van der Waals surface area contributed by atoms with E-state index in [0.717, 1.165) is 0 Å². The number of rotatable bonds is 3. The highest BCUT2D eigenvalue weighted by molar-refractivity contribution is 6.62. The van der Waals surface area contributed by atoms with Crippen LogP contribution in [0.1, 0.15) is 34.1 Å². The van der Waals surface area contributed by atoms with Gasteiger partial charge < -0.3 is 4.81 Å². The summed E-state index contributed by atoms with van der Waals surface area (Å²) in [4.78, 5) is 2.59. The predicted octanol–water partition coefficient (Wildman–Crippen LogP) is 2.60. The van der Waals surface area contributed by atoms with Crippen LogP contribution in [0.25, 0.3) is 0 Å². The van der Waals surface area contributed by atoms with Crippen molar-refractivity contribution in [1.82, 2.24) is 4.81 Å². The minimum absolute atomic E-state index is 0.665. The first-order chi connectivity index (χ1) is 5.63. The molecule has 0 amide bonds. The molecule has 0 aliphatic carbocycles. The van der Waals surface area contributed by atoms with E-state index in [0.29, 0.717) is 18.9 Å². The molecule has 0 fully saturated rings. The van der Waals surface area contributed by atoms with Crippen molar-refractivity contribution in [2.24, 2.45) is 0 Å². The highest BCUT2D eigenvalue weighted by Gasteiger charge is 2.26. The summed E-state index contributed by atoms with van der Waals surface area (Å²) < 4.78 is 0. The first-order valence-electron chi connectivity index (χ1n) is 5.07. The highest BCUT2D eigenvalue weighted by Crippen LogP contribution is 2.18. The molecule has 0 N–H and O–H groups in total. The van der Waals surface area contributed by atoms with Crippen molar-refractivity contribution >= 4 is 6.85 Å². The molecule has 0 aromatic carbocycles. The van der Waals surface area contributed by atoms with Crippen molar-refractivity contribution in [3.05, 3.63) is 12.1 Å². The Morgan fingerprint density at radius 2 is 1.75 bits per heavy atom. The van der Waals surface area contributed by atoms with E-state index < -0.39 is 0 Å². The summed E-state index contributed by atoms with van der Waals surface area (Å²) in [5.41, 5.74) is 0. The lowest BCUT2D eigenvalue weighted by atomic mass is 9.59. The van der Waals surface area contributed by atoms with Gasteiger partial charge in [0.25, 0.3) is 0 Å². The Hall–Kier alpha value is -0.235. The number of allylic oxidation sites excluding steroid dienone is 1. The molecule has 1 aliphatic heterocycles. The fourth-order valence-electron chi connectivity index (χ4n) is 2.23. The van der Waals surface area contributed by atoms with Crippen LogP contribution in [0.3, 0.4) is 0 Å². The maximum absolute atomic E-state index is 2.59. The van der Waals surface area contributed by atoms with Gasteiger partial charge in [0.2, 0.25) is 6.85 Å². The summed E-state index contributed by atoms with van der Waals surface area (Å²) >= 11 is 0. The van der Waals surface area contributed by atoms with Crippen molar-refractivity contribution in [3.8, 4) is 0 Å². The van der Waals surface area contributed by atoms with Crippen LogP contribution in [0.15, 0.2) is 12.1 Å². The van der Waals surface area contributed by atoms with Gasteiger partial charge in [-0.15, -0.1) is 5.98 Å². The number of hydrogen-bond acceptors (Lipinski definition) is 1. The molecule has 1 aliphatic rings. The van der Waals surface area contributed by atoms with E-state index in [1.807, 2.05) is 0 Å². The lowest BCUT2D eigenvalue weighted by Crippen LogP contribution is -2.46. The maximum atomic E-state index is 2.59. The Morgan fingerprint density at radius 1 is 1.17 bits per heavy atom. The molecule has 2 heteroatoms. The Bertz CT molecular complexity index is 155. The summed E-state index contributed by atoms with van der Waals surface area (Å²) in [5.74, 6) is 2.36. The van der Waals surface area contributed by atoms with Crippen molar-refractivity contribution in [2.75, 3.05) is 0 Å². The minimum Gasteiger partial charge on any atom is -0.334 e. The predicted molar refractivity (Wildman–Crippen MR) is 56.4 cm³/mol. The van der Waals surface area contributed by atoms with E-state index in [-0.39, 0.29) is 0 Å². The van der Waals surface area contributed by atoms with E-state index in [1.54, 1.807) is 0 Å². The summed E-state index contributed by atoms with van der Waals surface area (Å²) in [6, 6.07) is 1.33. The Morgan fingerprint density at radius 3 is 2.08 bits per heavy atom. The molecule has 0 bridgehead atoms. The van der Waals surface area contributed by atoms with Crippen LogP contribution in [-0.2, 0) is 0 Å². The summed E-state index contributed by atoms with van der Waals surface area (Å²) in [7, 11) is 0. The minimum atomic E-state index is 0.665. The second-order valence-electron chi connectivity index (χ2n) is 4.21. The molecule has 68 valence electrons. The SMILES string of the molecule is CC(C)N(B1C=CCC1)C(C)C. The monoisotopic (exact) mass is 165 g/mol. The zero-order valence-corrected chi connectivity index (χ0v) is 8.75. The first kappa shape index (κ1) is 9.85. The standard InChI is InChI=1S/C10H20BN/c1-9(2)12(10(3)4)11-7-5-6-8-11/h5,7,9-10H,6,8H2,1-4H3. The third kappa shape index (κ3) is 2.13. The van der Waals surface area contributed by atoms with E-state index in [2.05, 4.69) is 44.6 Å². The molecule has 12 heavy (non-hydrogen) atoms. The number of hydrogen-bond donors (Lipinski definition) is 0. The van der Waals surface area contributed by atoms with E-state index in [9.17, 15) is 0 Å². The molecule has 0 aromatic rings.